The molecular formula is C15H20BrN3O2. The van der Waals surface area contributed by atoms with Crippen molar-refractivity contribution in [2.45, 2.75) is 32.2 Å². The molecule has 6 heteroatoms. The van der Waals surface area contributed by atoms with Gasteiger partial charge in [0.05, 0.1) is 12.6 Å². The number of anilines is 1. The first-order valence-electron chi connectivity index (χ1n) is 7.07. The molecule has 0 radical (unpaired) electrons. The highest BCUT2D eigenvalue weighted by Gasteiger charge is 2.28. The average molecular weight is 354 g/mol. The fourth-order valence-corrected chi connectivity index (χ4v) is 2.86. The van der Waals surface area contributed by atoms with Crippen LogP contribution in [0.25, 0.3) is 0 Å². The Balaban J connectivity index is 1.97. The van der Waals surface area contributed by atoms with Crippen LogP contribution in [0.1, 0.15) is 24.8 Å². The summed E-state index contributed by atoms with van der Waals surface area (Å²) in [4.78, 5) is 25.4. The molecule has 114 valence electrons. The van der Waals surface area contributed by atoms with E-state index in [4.69, 9.17) is 5.73 Å². The number of nitrogens with one attached hydrogen (secondary N) is 1. The van der Waals surface area contributed by atoms with Gasteiger partial charge in [0.2, 0.25) is 11.8 Å². The van der Waals surface area contributed by atoms with Crippen LogP contribution in [0.4, 0.5) is 5.69 Å². The molecule has 0 unspecified atom stereocenters. The number of rotatable bonds is 4. The standard InChI is InChI=1S/C15H20BrN3O2/c1-10-8-11(5-6-12(10)16)18-14(20)9-19-7-3-2-4-13(19)15(17)21/h5-6,8,13H,2-4,7,9H2,1H3,(H2,17,21)(H,18,20)/t13-/m1/s1. The summed E-state index contributed by atoms with van der Waals surface area (Å²) in [5.74, 6) is -0.466. The van der Waals surface area contributed by atoms with Gasteiger partial charge in [0, 0.05) is 10.2 Å². The van der Waals surface area contributed by atoms with E-state index in [2.05, 4.69) is 21.2 Å². The lowest BCUT2D eigenvalue weighted by atomic mass is 10.0. The molecule has 1 aliphatic rings. The Bertz CT molecular complexity index is 548. The zero-order valence-corrected chi connectivity index (χ0v) is 13.6. The molecule has 1 heterocycles. The fraction of sp³-hybridized carbons (Fsp3) is 0.467. The number of hydrogen-bond donors (Lipinski definition) is 2. The number of likely N-dealkylation sites (tertiary alicyclic amines) is 1. The average Bonchev–Trinajstić information content (AvgIpc) is 2.43. The molecule has 1 atom stereocenters. The zero-order valence-electron chi connectivity index (χ0n) is 12.1. The summed E-state index contributed by atoms with van der Waals surface area (Å²) < 4.78 is 1.00. The molecule has 1 aromatic rings. The van der Waals surface area contributed by atoms with Crippen molar-refractivity contribution in [3.63, 3.8) is 0 Å². The molecule has 2 amide bonds. The number of amides is 2. The Morgan fingerprint density at radius 1 is 1.43 bits per heavy atom. The van der Waals surface area contributed by atoms with Gasteiger partial charge < -0.3 is 11.1 Å². The van der Waals surface area contributed by atoms with E-state index in [1.54, 1.807) is 0 Å². The van der Waals surface area contributed by atoms with Crippen LogP contribution in [0.15, 0.2) is 22.7 Å². The molecule has 0 aromatic heterocycles. The van der Waals surface area contributed by atoms with E-state index in [-0.39, 0.29) is 24.4 Å². The largest absolute Gasteiger partial charge is 0.368 e. The van der Waals surface area contributed by atoms with Crippen molar-refractivity contribution in [2.75, 3.05) is 18.4 Å². The molecule has 3 N–H and O–H groups in total. The minimum Gasteiger partial charge on any atom is -0.368 e. The highest BCUT2D eigenvalue weighted by molar-refractivity contribution is 9.10. The Morgan fingerprint density at radius 2 is 2.19 bits per heavy atom. The van der Waals surface area contributed by atoms with Crippen LogP contribution in [-0.2, 0) is 9.59 Å². The van der Waals surface area contributed by atoms with Gasteiger partial charge in [-0.3, -0.25) is 14.5 Å². The predicted octanol–water partition coefficient (Wildman–Crippen LogP) is 2.04. The van der Waals surface area contributed by atoms with E-state index in [0.29, 0.717) is 0 Å². The molecule has 1 saturated heterocycles. The molecule has 2 rings (SSSR count). The van der Waals surface area contributed by atoms with Crippen LogP contribution in [0.2, 0.25) is 0 Å². The molecule has 21 heavy (non-hydrogen) atoms. The van der Waals surface area contributed by atoms with Crippen molar-refractivity contribution in [3.05, 3.63) is 28.2 Å². The number of halogens is 1. The van der Waals surface area contributed by atoms with Gasteiger partial charge in [-0.1, -0.05) is 22.4 Å². The fourth-order valence-electron chi connectivity index (χ4n) is 2.61. The lowest BCUT2D eigenvalue weighted by Crippen LogP contribution is -2.50. The van der Waals surface area contributed by atoms with Gasteiger partial charge in [-0.2, -0.15) is 0 Å². The third-order valence-electron chi connectivity index (χ3n) is 3.73. The Morgan fingerprint density at radius 3 is 2.86 bits per heavy atom. The second-order valence-corrected chi connectivity index (χ2v) is 6.25. The first-order chi connectivity index (χ1) is 9.97. The first-order valence-corrected chi connectivity index (χ1v) is 7.86. The van der Waals surface area contributed by atoms with Crippen LogP contribution < -0.4 is 11.1 Å². The van der Waals surface area contributed by atoms with Crippen LogP contribution >= 0.6 is 15.9 Å². The highest BCUT2D eigenvalue weighted by atomic mass is 79.9. The molecule has 5 nitrogen and oxygen atoms in total. The summed E-state index contributed by atoms with van der Waals surface area (Å²) in [6.45, 7) is 2.90. The number of benzene rings is 1. The number of nitrogens with zero attached hydrogens (tertiary/aromatic N) is 1. The van der Waals surface area contributed by atoms with E-state index >= 15 is 0 Å². The van der Waals surface area contributed by atoms with Crippen LogP contribution in [0.5, 0.6) is 0 Å². The predicted molar refractivity (Wildman–Crippen MR) is 85.9 cm³/mol. The van der Waals surface area contributed by atoms with Crippen molar-refractivity contribution in [3.8, 4) is 0 Å². The number of nitrogens with two attached hydrogens (primary N) is 1. The first kappa shape index (κ1) is 16.0. The normalized spacial score (nSPS) is 19.2. The highest BCUT2D eigenvalue weighted by Crippen LogP contribution is 2.20. The maximum absolute atomic E-state index is 12.1. The molecular weight excluding hydrogens is 334 g/mol. The van der Waals surface area contributed by atoms with Crippen LogP contribution in [-0.4, -0.2) is 35.8 Å². The summed E-state index contributed by atoms with van der Waals surface area (Å²) >= 11 is 3.43. The van der Waals surface area contributed by atoms with E-state index in [1.165, 1.54) is 0 Å². The molecule has 0 saturated carbocycles. The Labute approximate surface area is 133 Å². The van der Waals surface area contributed by atoms with E-state index < -0.39 is 0 Å². The van der Waals surface area contributed by atoms with E-state index in [1.807, 2.05) is 30.0 Å². The molecule has 1 fully saturated rings. The van der Waals surface area contributed by atoms with Crippen LogP contribution in [0, 0.1) is 6.92 Å². The third kappa shape index (κ3) is 4.28. The lowest BCUT2D eigenvalue weighted by Gasteiger charge is -2.32. The van der Waals surface area contributed by atoms with Gasteiger partial charge in [0.1, 0.15) is 0 Å². The lowest BCUT2D eigenvalue weighted by molar-refractivity contribution is -0.126. The van der Waals surface area contributed by atoms with Gasteiger partial charge in [0.15, 0.2) is 0 Å². The maximum Gasteiger partial charge on any atom is 0.238 e. The van der Waals surface area contributed by atoms with E-state index in [9.17, 15) is 9.59 Å². The second-order valence-electron chi connectivity index (χ2n) is 5.40. The number of aryl methyl sites for hydroxylation is 1. The Hall–Kier alpha value is -1.40. The molecule has 0 spiro atoms. The minimum atomic E-state index is -0.345. The number of hydrogen-bond acceptors (Lipinski definition) is 3. The van der Waals surface area contributed by atoms with Crippen molar-refractivity contribution in [1.82, 2.24) is 4.90 Å². The summed E-state index contributed by atoms with van der Waals surface area (Å²) in [7, 11) is 0. The molecule has 1 aliphatic heterocycles. The third-order valence-corrected chi connectivity index (χ3v) is 4.62. The summed E-state index contributed by atoms with van der Waals surface area (Å²) in [6.07, 6.45) is 2.71. The Kier molecular flexibility index (Phi) is 5.36. The van der Waals surface area contributed by atoms with E-state index in [0.717, 1.165) is 41.5 Å². The maximum atomic E-state index is 12.1. The summed E-state index contributed by atoms with van der Waals surface area (Å²) in [6, 6.07) is 5.33. The molecule has 0 aliphatic carbocycles. The molecule has 1 aromatic carbocycles. The van der Waals surface area contributed by atoms with Gasteiger partial charge in [-0.25, -0.2) is 0 Å². The van der Waals surface area contributed by atoms with Gasteiger partial charge in [-0.05, 0) is 50.1 Å². The second kappa shape index (κ2) is 7.04. The minimum absolute atomic E-state index is 0.120. The van der Waals surface area contributed by atoms with Crippen molar-refractivity contribution < 1.29 is 9.59 Å². The number of piperidine rings is 1. The number of carbonyl (C=O) groups is 2. The quantitative estimate of drug-likeness (QED) is 0.869. The van der Waals surface area contributed by atoms with Crippen molar-refractivity contribution >= 4 is 33.4 Å². The van der Waals surface area contributed by atoms with Gasteiger partial charge in [-0.15, -0.1) is 0 Å². The zero-order chi connectivity index (χ0) is 15.4. The number of carbonyl (C=O) groups excluding carboxylic acids is 2. The SMILES string of the molecule is Cc1cc(NC(=O)CN2CCCC[C@@H]2C(N)=O)ccc1Br. The molecule has 0 bridgehead atoms. The van der Waals surface area contributed by atoms with Crippen molar-refractivity contribution in [2.24, 2.45) is 5.73 Å². The summed E-state index contributed by atoms with van der Waals surface area (Å²) in [5.41, 5.74) is 7.22. The summed E-state index contributed by atoms with van der Waals surface area (Å²) in [5, 5.41) is 2.86. The topological polar surface area (TPSA) is 75.4 Å². The van der Waals surface area contributed by atoms with Crippen molar-refractivity contribution in [1.29, 1.82) is 0 Å². The monoisotopic (exact) mass is 353 g/mol. The smallest absolute Gasteiger partial charge is 0.238 e. The number of primary amides is 1. The van der Waals surface area contributed by atoms with Gasteiger partial charge >= 0.3 is 0 Å². The van der Waals surface area contributed by atoms with Gasteiger partial charge in [0.25, 0.3) is 0 Å². The van der Waals surface area contributed by atoms with Crippen LogP contribution in [0.3, 0.4) is 0 Å².